The lowest BCUT2D eigenvalue weighted by molar-refractivity contribution is -0.141. The minimum atomic E-state index is -1.02. The standard InChI is InChI=1S/C17H16O7/c1-21-15(18)11-9-24-14(13(11)17(20)23-3)12(16(19)22-2)10-7-5-4-6-8-10/h4-9,12H,1-3H3. The fourth-order valence-electron chi connectivity index (χ4n) is 2.32. The predicted molar refractivity (Wildman–Crippen MR) is 81.7 cm³/mol. The molecule has 0 fully saturated rings. The summed E-state index contributed by atoms with van der Waals surface area (Å²) in [5.41, 5.74) is 0.257. The van der Waals surface area contributed by atoms with E-state index < -0.39 is 23.8 Å². The Morgan fingerprint density at radius 2 is 1.54 bits per heavy atom. The highest BCUT2D eigenvalue weighted by Gasteiger charge is 2.36. The van der Waals surface area contributed by atoms with Crippen LogP contribution in [-0.2, 0) is 19.0 Å². The van der Waals surface area contributed by atoms with Crippen molar-refractivity contribution in [2.24, 2.45) is 0 Å². The van der Waals surface area contributed by atoms with E-state index in [9.17, 15) is 14.4 Å². The SMILES string of the molecule is COC(=O)c1coc(C(C(=O)OC)c2ccccc2)c1C(=O)OC. The van der Waals surface area contributed by atoms with Gasteiger partial charge in [0.1, 0.15) is 29.1 Å². The Hall–Kier alpha value is -3.09. The molecule has 0 saturated carbocycles. The summed E-state index contributed by atoms with van der Waals surface area (Å²) < 4.78 is 19.5. The first-order valence-electron chi connectivity index (χ1n) is 6.95. The number of carbonyl (C=O) groups excluding carboxylic acids is 3. The topological polar surface area (TPSA) is 92.0 Å². The van der Waals surface area contributed by atoms with Crippen LogP contribution < -0.4 is 0 Å². The molecule has 0 bridgehead atoms. The fraction of sp³-hybridized carbons (Fsp3) is 0.235. The maximum absolute atomic E-state index is 12.3. The second-order valence-electron chi connectivity index (χ2n) is 4.74. The van der Waals surface area contributed by atoms with Gasteiger partial charge in [-0.3, -0.25) is 4.79 Å². The molecule has 24 heavy (non-hydrogen) atoms. The maximum atomic E-state index is 12.3. The van der Waals surface area contributed by atoms with Gasteiger partial charge < -0.3 is 18.6 Å². The normalized spacial score (nSPS) is 11.5. The van der Waals surface area contributed by atoms with Gasteiger partial charge in [0.15, 0.2) is 0 Å². The molecule has 0 spiro atoms. The van der Waals surface area contributed by atoms with Crippen LogP contribution in [0, 0.1) is 0 Å². The monoisotopic (exact) mass is 332 g/mol. The van der Waals surface area contributed by atoms with Crippen LogP contribution >= 0.6 is 0 Å². The molecule has 7 heteroatoms. The van der Waals surface area contributed by atoms with Crippen molar-refractivity contribution in [3.05, 3.63) is 59.0 Å². The molecule has 0 aliphatic rings. The quantitative estimate of drug-likeness (QED) is 0.612. The van der Waals surface area contributed by atoms with Crippen molar-refractivity contribution in [2.75, 3.05) is 21.3 Å². The molecule has 126 valence electrons. The summed E-state index contributed by atoms with van der Waals surface area (Å²) in [5, 5.41) is 0. The van der Waals surface area contributed by atoms with Crippen molar-refractivity contribution in [3.63, 3.8) is 0 Å². The minimum absolute atomic E-state index is 0.0414. The Balaban J connectivity index is 2.66. The molecule has 2 aromatic rings. The van der Waals surface area contributed by atoms with E-state index in [4.69, 9.17) is 13.9 Å². The molecule has 1 atom stereocenters. The third kappa shape index (κ3) is 3.15. The molecular weight excluding hydrogens is 316 g/mol. The van der Waals surface area contributed by atoms with Crippen LogP contribution in [0.4, 0.5) is 0 Å². The lowest BCUT2D eigenvalue weighted by atomic mass is 9.93. The number of rotatable bonds is 5. The molecule has 7 nitrogen and oxygen atoms in total. The second-order valence-corrected chi connectivity index (χ2v) is 4.74. The number of furan rings is 1. The zero-order chi connectivity index (χ0) is 17.7. The first-order chi connectivity index (χ1) is 11.5. The fourth-order valence-corrected chi connectivity index (χ4v) is 2.32. The zero-order valence-electron chi connectivity index (χ0n) is 13.4. The van der Waals surface area contributed by atoms with Gasteiger partial charge in [-0.05, 0) is 5.56 Å². The minimum Gasteiger partial charge on any atom is -0.468 e. The Kier molecular flexibility index (Phi) is 5.36. The molecule has 0 aliphatic heterocycles. The third-order valence-corrected chi connectivity index (χ3v) is 3.45. The smallest absolute Gasteiger partial charge is 0.342 e. The molecule has 0 amide bonds. The van der Waals surface area contributed by atoms with Crippen LogP contribution in [0.15, 0.2) is 41.0 Å². The van der Waals surface area contributed by atoms with E-state index >= 15 is 0 Å². The Bertz CT molecular complexity index is 746. The lowest BCUT2D eigenvalue weighted by Crippen LogP contribution is -2.19. The van der Waals surface area contributed by atoms with Crippen LogP contribution in [0.3, 0.4) is 0 Å². The van der Waals surface area contributed by atoms with Crippen molar-refractivity contribution >= 4 is 17.9 Å². The van der Waals surface area contributed by atoms with Gasteiger partial charge in [0.05, 0.1) is 21.3 Å². The van der Waals surface area contributed by atoms with E-state index in [-0.39, 0.29) is 16.9 Å². The summed E-state index contributed by atoms with van der Waals surface area (Å²) in [5.74, 6) is -3.30. The summed E-state index contributed by atoms with van der Waals surface area (Å²) >= 11 is 0. The van der Waals surface area contributed by atoms with E-state index in [0.717, 1.165) is 13.4 Å². The highest BCUT2D eigenvalue weighted by atomic mass is 16.5. The number of hydrogen-bond acceptors (Lipinski definition) is 7. The van der Waals surface area contributed by atoms with Gasteiger partial charge in [0.25, 0.3) is 0 Å². The van der Waals surface area contributed by atoms with Crippen molar-refractivity contribution in [2.45, 2.75) is 5.92 Å². The molecule has 0 N–H and O–H groups in total. The summed E-state index contributed by atoms with van der Waals surface area (Å²) in [4.78, 5) is 36.3. The van der Waals surface area contributed by atoms with Gasteiger partial charge >= 0.3 is 17.9 Å². The van der Waals surface area contributed by atoms with Gasteiger partial charge in [0, 0.05) is 0 Å². The summed E-state index contributed by atoms with van der Waals surface area (Å²) in [6, 6.07) is 8.60. The number of esters is 3. The number of ether oxygens (including phenoxy) is 3. The molecule has 1 aromatic heterocycles. The Labute approximate surface area is 138 Å². The number of carbonyl (C=O) groups is 3. The highest BCUT2D eigenvalue weighted by molar-refractivity contribution is 6.05. The van der Waals surface area contributed by atoms with E-state index in [2.05, 4.69) is 4.74 Å². The van der Waals surface area contributed by atoms with Crippen LogP contribution in [-0.4, -0.2) is 39.2 Å². The molecule has 1 unspecified atom stereocenters. The van der Waals surface area contributed by atoms with Crippen LogP contribution in [0.25, 0.3) is 0 Å². The highest BCUT2D eigenvalue weighted by Crippen LogP contribution is 2.32. The first kappa shape index (κ1) is 17.3. The number of methoxy groups -OCH3 is 3. The summed E-state index contributed by atoms with van der Waals surface area (Å²) in [7, 11) is 3.56. The number of hydrogen-bond donors (Lipinski definition) is 0. The van der Waals surface area contributed by atoms with Gasteiger partial charge in [-0.25, -0.2) is 9.59 Å². The van der Waals surface area contributed by atoms with Crippen molar-refractivity contribution in [1.29, 1.82) is 0 Å². The molecule has 2 rings (SSSR count). The molecule has 0 saturated heterocycles. The summed E-state index contributed by atoms with van der Waals surface area (Å²) in [6.07, 6.45) is 1.06. The zero-order valence-corrected chi connectivity index (χ0v) is 13.4. The van der Waals surface area contributed by atoms with E-state index in [1.54, 1.807) is 30.3 Å². The van der Waals surface area contributed by atoms with Crippen molar-refractivity contribution in [3.8, 4) is 0 Å². The maximum Gasteiger partial charge on any atom is 0.342 e. The largest absolute Gasteiger partial charge is 0.468 e. The first-order valence-corrected chi connectivity index (χ1v) is 6.95. The Morgan fingerprint density at radius 1 is 0.917 bits per heavy atom. The van der Waals surface area contributed by atoms with Crippen LogP contribution in [0.2, 0.25) is 0 Å². The van der Waals surface area contributed by atoms with Crippen molar-refractivity contribution < 1.29 is 33.0 Å². The number of benzene rings is 1. The predicted octanol–water partition coefficient (Wildman–Crippen LogP) is 2.16. The van der Waals surface area contributed by atoms with Gasteiger partial charge in [-0.2, -0.15) is 0 Å². The van der Waals surface area contributed by atoms with Crippen molar-refractivity contribution in [1.82, 2.24) is 0 Å². The molecule has 1 aromatic carbocycles. The molecular formula is C17H16O7. The van der Waals surface area contributed by atoms with E-state index in [0.29, 0.717) is 5.56 Å². The molecule has 0 radical (unpaired) electrons. The average molecular weight is 332 g/mol. The average Bonchev–Trinajstić information content (AvgIpc) is 3.05. The molecule has 1 heterocycles. The van der Waals surface area contributed by atoms with E-state index in [1.165, 1.54) is 14.2 Å². The van der Waals surface area contributed by atoms with Gasteiger partial charge in [0.2, 0.25) is 0 Å². The molecule has 0 aliphatic carbocycles. The van der Waals surface area contributed by atoms with E-state index in [1.807, 2.05) is 0 Å². The summed E-state index contributed by atoms with van der Waals surface area (Å²) in [6.45, 7) is 0. The van der Waals surface area contributed by atoms with Gasteiger partial charge in [-0.1, -0.05) is 30.3 Å². The van der Waals surface area contributed by atoms with Gasteiger partial charge in [-0.15, -0.1) is 0 Å². The Morgan fingerprint density at radius 3 is 2.08 bits per heavy atom. The third-order valence-electron chi connectivity index (χ3n) is 3.45. The van der Waals surface area contributed by atoms with Crippen LogP contribution in [0.5, 0.6) is 0 Å². The lowest BCUT2D eigenvalue weighted by Gasteiger charge is -2.14. The second kappa shape index (κ2) is 7.45. The van der Waals surface area contributed by atoms with Crippen LogP contribution in [0.1, 0.15) is 38.0 Å².